The summed E-state index contributed by atoms with van der Waals surface area (Å²) < 4.78 is 32.9. The Morgan fingerprint density at radius 2 is 1.68 bits per heavy atom. The van der Waals surface area contributed by atoms with Crippen molar-refractivity contribution in [2.75, 3.05) is 47.8 Å². The van der Waals surface area contributed by atoms with E-state index >= 15 is 0 Å². The van der Waals surface area contributed by atoms with Gasteiger partial charge in [-0.25, -0.2) is 13.4 Å². The standard InChI is InChI=1S/C22H23ClN4O3S/c1-30-21-9-8-19(15-20(21)23)31(28,29)25-17-7-10-22(24-16-17)27-13-11-26(12-14-27)18-5-3-2-4-6-18/h2-10,15-16,25H,11-14H2,1H3. The summed E-state index contributed by atoms with van der Waals surface area (Å²) in [7, 11) is -2.31. The van der Waals surface area contributed by atoms with Gasteiger partial charge in [-0.1, -0.05) is 29.8 Å². The van der Waals surface area contributed by atoms with Crippen LogP contribution in [0.15, 0.2) is 71.8 Å². The number of anilines is 3. The Hall–Kier alpha value is -2.97. The number of sulfonamides is 1. The number of hydrogen-bond donors (Lipinski definition) is 1. The molecule has 162 valence electrons. The fraction of sp³-hybridized carbons (Fsp3) is 0.227. The third-order valence-corrected chi connectivity index (χ3v) is 6.83. The van der Waals surface area contributed by atoms with Crippen molar-refractivity contribution in [3.63, 3.8) is 0 Å². The van der Waals surface area contributed by atoms with Crippen molar-refractivity contribution >= 4 is 38.8 Å². The molecule has 9 heteroatoms. The molecule has 2 aromatic carbocycles. The fourth-order valence-corrected chi connectivity index (χ4v) is 4.89. The molecule has 0 atom stereocenters. The zero-order valence-corrected chi connectivity index (χ0v) is 18.6. The number of nitrogens with one attached hydrogen (secondary N) is 1. The van der Waals surface area contributed by atoms with Gasteiger partial charge in [0.25, 0.3) is 10.0 Å². The van der Waals surface area contributed by atoms with Crippen LogP contribution in [0.3, 0.4) is 0 Å². The maximum Gasteiger partial charge on any atom is 0.261 e. The molecule has 1 aliphatic rings. The molecule has 0 bridgehead atoms. The van der Waals surface area contributed by atoms with E-state index in [4.69, 9.17) is 16.3 Å². The topological polar surface area (TPSA) is 74.8 Å². The Kier molecular flexibility index (Phi) is 6.20. The molecule has 0 unspecified atom stereocenters. The van der Waals surface area contributed by atoms with Crippen molar-refractivity contribution in [3.8, 4) is 5.75 Å². The van der Waals surface area contributed by atoms with E-state index in [-0.39, 0.29) is 9.92 Å². The van der Waals surface area contributed by atoms with Gasteiger partial charge in [0, 0.05) is 31.9 Å². The summed E-state index contributed by atoms with van der Waals surface area (Å²) in [4.78, 5) is 9.05. The van der Waals surface area contributed by atoms with Crippen LogP contribution in [0.1, 0.15) is 0 Å². The highest BCUT2D eigenvalue weighted by atomic mass is 35.5. The summed E-state index contributed by atoms with van der Waals surface area (Å²) in [6, 6.07) is 18.2. The summed E-state index contributed by atoms with van der Waals surface area (Å²) in [5.74, 6) is 1.24. The normalized spacial score (nSPS) is 14.4. The number of pyridine rings is 1. The lowest BCUT2D eigenvalue weighted by atomic mass is 10.2. The molecular formula is C22H23ClN4O3S. The van der Waals surface area contributed by atoms with Gasteiger partial charge in [0.15, 0.2) is 0 Å². The van der Waals surface area contributed by atoms with Crippen molar-refractivity contribution < 1.29 is 13.2 Å². The molecule has 4 rings (SSSR count). The van der Waals surface area contributed by atoms with Crippen LogP contribution in [-0.4, -0.2) is 46.7 Å². The minimum Gasteiger partial charge on any atom is -0.495 e. The van der Waals surface area contributed by atoms with E-state index in [0.29, 0.717) is 11.4 Å². The molecule has 3 aromatic rings. The number of halogens is 1. The van der Waals surface area contributed by atoms with E-state index in [0.717, 1.165) is 32.0 Å². The summed E-state index contributed by atoms with van der Waals surface area (Å²) in [6.45, 7) is 3.49. The van der Waals surface area contributed by atoms with Gasteiger partial charge >= 0.3 is 0 Å². The predicted octanol–water partition coefficient (Wildman–Crippen LogP) is 3.87. The molecule has 1 aromatic heterocycles. The lowest BCUT2D eigenvalue weighted by Crippen LogP contribution is -2.46. The fourth-order valence-electron chi connectivity index (χ4n) is 3.49. The number of benzene rings is 2. The first-order chi connectivity index (χ1) is 15.0. The van der Waals surface area contributed by atoms with Crippen molar-refractivity contribution in [2.24, 2.45) is 0 Å². The molecule has 0 radical (unpaired) electrons. The van der Waals surface area contributed by atoms with E-state index in [2.05, 4.69) is 31.6 Å². The molecule has 31 heavy (non-hydrogen) atoms. The number of nitrogens with zero attached hydrogens (tertiary/aromatic N) is 3. The molecule has 0 amide bonds. The van der Waals surface area contributed by atoms with Crippen LogP contribution in [0.5, 0.6) is 5.75 Å². The molecule has 1 saturated heterocycles. The number of aromatic nitrogens is 1. The molecular weight excluding hydrogens is 436 g/mol. The highest BCUT2D eigenvalue weighted by molar-refractivity contribution is 7.92. The number of methoxy groups -OCH3 is 1. The Morgan fingerprint density at radius 1 is 0.968 bits per heavy atom. The number of para-hydroxylation sites is 1. The zero-order valence-electron chi connectivity index (χ0n) is 17.0. The van der Waals surface area contributed by atoms with E-state index in [9.17, 15) is 8.42 Å². The molecule has 2 heterocycles. The van der Waals surface area contributed by atoms with Crippen molar-refractivity contribution in [1.82, 2.24) is 4.98 Å². The molecule has 1 N–H and O–H groups in total. The molecule has 7 nitrogen and oxygen atoms in total. The van der Waals surface area contributed by atoms with E-state index in [1.54, 1.807) is 6.07 Å². The highest BCUT2D eigenvalue weighted by Gasteiger charge is 2.19. The minimum absolute atomic E-state index is 0.0550. The van der Waals surface area contributed by atoms with Crippen molar-refractivity contribution in [3.05, 3.63) is 71.9 Å². The quantitative estimate of drug-likeness (QED) is 0.604. The Morgan fingerprint density at radius 3 is 2.29 bits per heavy atom. The molecule has 0 spiro atoms. The van der Waals surface area contributed by atoms with E-state index in [1.807, 2.05) is 24.3 Å². The number of ether oxygens (including phenoxy) is 1. The van der Waals surface area contributed by atoms with Gasteiger partial charge in [-0.05, 0) is 42.5 Å². The molecule has 0 aliphatic carbocycles. The second-order valence-electron chi connectivity index (χ2n) is 7.12. The van der Waals surface area contributed by atoms with Gasteiger partial charge in [-0.3, -0.25) is 4.72 Å². The van der Waals surface area contributed by atoms with Gasteiger partial charge in [0.1, 0.15) is 11.6 Å². The van der Waals surface area contributed by atoms with E-state index in [1.165, 1.54) is 37.2 Å². The van der Waals surface area contributed by atoms with Crippen LogP contribution in [0, 0.1) is 0 Å². The first-order valence-corrected chi connectivity index (χ1v) is 11.7. The number of piperazine rings is 1. The Balaban J connectivity index is 1.40. The minimum atomic E-state index is -3.79. The van der Waals surface area contributed by atoms with Crippen molar-refractivity contribution in [2.45, 2.75) is 4.90 Å². The van der Waals surface area contributed by atoms with Crippen LogP contribution in [0.25, 0.3) is 0 Å². The predicted molar refractivity (Wildman–Crippen MR) is 124 cm³/mol. The lowest BCUT2D eigenvalue weighted by Gasteiger charge is -2.36. The first kappa shape index (κ1) is 21.3. The summed E-state index contributed by atoms with van der Waals surface area (Å²) >= 11 is 6.06. The van der Waals surface area contributed by atoms with Gasteiger partial charge in [0.05, 0.1) is 28.9 Å². The maximum atomic E-state index is 12.7. The van der Waals surface area contributed by atoms with Crippen LogP contribution in [-0.2, 0) is 10.0 Å². The Bertz CT molecular complexity index is 1130. The van der Waals surface area contributed by atoms with Gasteiger partial charge in [0.2, 0.25) is 0 Å². The maximum absolute atomic E-state index is 12.7. The second kappa shape index (κ2) is 9.03. The third kappa shape index (κ3) is 4.86. The second-order valence-corrected chi connectivity index (χ2v) is 9.21. The average molecular weight is 459 g/mol. The van der Waals surface area contributed by atoms with Crippen LogP contribution < -0.4 is 19.3 Å². The summed E-state index contributed by atoms with van der Waals surface area (Å²) in [5, 5.41) is 0.230. The molecule has 1 fully saturated rings. The van der Waals surface area contributed by atoms with Crippen LogP contribution in [0.4, 0.5) is 17.2 Å². The summed E-state index contributed by atoms with van der Waals surface area (Å²) in [5.41, 5.74) is 1.61. The van der Waals surface area contributed by atoms with E-state index < -0.39 is 10.0 Å². The van der Waals surface area contributed by atoms with Gasteiger partial charge in [-0.15, -0.1) is 0 Å². The van der Waals surface area contributed by atoms with Gasteiger partial charge < -0.3 is 14.5 Å². The molecule has 1 aliphatic heterocycles. The van der Waals surface area contributed by atoms with Crippen LogP contribution in [0.2, 0.25) is 5.02 Å². The number of rotatable bonds is 6. The highest BCUT2D eigenvalue weighted by Crippen LogP contribution is 2.28. The van der Waals surface area contributed by atoms with Gasteiger partial charge in [-0.2, -0.15) is 0 Å². The SMILES string of the molecule is COc1ccc(S(=O)(=O)Nc2ccc(N3CCN(c4ccccc4)CC3)nc2)cc1Cl. The smallest absolute Gasteiger partial charge is 0.261 e. The first-order valence-electron chi connectivity index (χ1n) is 9.83. The molecule has 0 saturated carbocycles. The lowest BCUT2D eigenvalue weighted by molar-refractivity contribution is 0.414. The largest absolute Gasteiger partial charge is 0.495 e. The van der Waals surface area contributed by atoms with Crippen LogP contribution >= 0.6 is 11.6 Å². The number of hydrogen-bond acceptors (Lipinski definition) is 6. The third-order valence-electron chi connectivity index (χ3n) is 5.16. The average Bonchev–Trinajstić information content (AvgIpc) is 2.80. The summed E-state index contributed by atoms with van der Waals surface area (Å²) in [6.07, 6.45) is 1.53. The Labute approximate surface area is 187 Å². The monoisotopic (exact) mass is 458 g/mol. The zero-order chi connectivity index (χ0) is 21.8. The van der Waals surface area contributed by atoms with Crippen molar-refractivity contribution in [1.29, 1.82) is 0 Å².